The van der Waals surface area contributed by atoms with Gasteiger partial charge in [-0.25, -0.2) is 0 Å². The molecule has 0 aliphatic carbocycles. The van der Waals surface area contributed by atoms with Crippen molar-refractivity contribution < 1.29 is 62.8 Å². The van der Waals surface area contributed by atoms with E-state index in [0.29, 0.717) is 36.7 Å². The molecule has 0 unspecified atom stereocenters. The van der Waals surface area contributed by atoms with Crippen LogP contribution in [0.2, 0.25) is 6.04 Å². The Hall–Kier alpha value is -1.77. The number of quaternary nitrogens is 1. The van der Waals surface area contributed by atoms with Crippen molar-refractivity contribution in [1.82, 2.24) is 16.0 Å². The smallest absolute Gasteiger partial charge is 0.394 e. The molecule has 0 atom stereocenters. The summed E-state index contributed by atoms with van der Waals surface area (Å²) in [5, 5.41) is 75.0. The molecular formula is C73H149N4O12Si+. The van der Waals surface area contributed by atoms with E-state index in [1.807, 2.05) is 0 Å². The van der Waals surface area contributed by atoms with Crippen LogP contribution >= 0.6 is 0 Å². The Morgan fingerprint density at radius 2 is 0.489 bits per heavy atom. The van der Waals surface area contributed by atoms with Crippen LogP contribution in [0.1, 0.15) is 342 Å². The first-order valence-corrected chi connectivity index (χ1v) is 39.9. The quantitative estimate of drug-likeness (QED) is 0.0157. The number of carbonyl (C=O) groups is 3. The Balaban J connectivity index is 6.76. The van der Waals surface area contributed by atoms with Crippen molar-refractivity contribution in [2.75, 3.05) is 86.6 Å². The maximum atomic E-state index is 13.7. The Kier molecular flexibility index (Phi) is 58.5. The number of hydrogen-bond donors (Lipinski definition) is 9. The second-order valence-electron chi connectivity index (χ2n) is 28.2. The summed E-state index contributed by atoms with van der Waals surface area (Å²) in [4.78, 5) is 41.1. The number of amides is 3. The molecule has 0 aliphatic heterocycles. The van der Waals surface area contributed by atoms with E-state index >= 15 is 0 Å². The summed E-state index contributed by atoms with van der Waals surface area (Å²) in [5.41, 5.74) is -5.07. The number of carbonyl (C=O) groups excluding carboxylic acids is 3. The van der Waals surface area contributed by atoms with Crippen LogP contribution in [-0.2, 0) is 27.7 Å². The van der Waals surface area contributed by atoms with Gasteiger partial charge in [-0.05, 0) is 32.1 Å². The summed E-state index contributed by atoms with van der Waals surface area (Å²) in [5.74, 6) is -1.07. The Morgan fingerprint density at radius 1 is 0.300 bits per heavy atom. The first kappa shape index (κ1) is 88.2. The second-order valence-corrected chi connectivity index (χ2v) is 30.9. The van der Waals surface area contributed by atoms with Crippen molar-refractivity contribution in [3.8, 4) is 0 Å². The third kappa shape index (κ3) is 48.0. The number of hydrogen-bond acceptors (Lipinski definition) is 12. The lowest BCUT2D eigenvalue weighted by Crippen LogP contribution is -2.64. The van der Waals surface area contributed by atoms with Gasteiger partial charge in [0, 0.05) is 31.7 Å². The molecule has 0 heterocycles. The van der Waals surface area contributed by atoms with Crippen LogP contribution in [0.25, 0.3) is 0 Å². The molecule has 0 aliphatic rings. The highest BCUT2D eigenvalue weighted by molar-refractivity contribution is 6.60. The minimum atomic E-state index is -4.35. The van der Waals surface area contributed by atoms with E-state index in [1.165, 1.54) is 199 Å². The third-order valence-corrected chi connectivity index (χ3v) is 21.3. The van der Waals surface area contributed by atoms with Crippen molar-refractivity contribution in [2.24, 2.45) is 0 Å². The molecule has 9 N–H and O–H groups in total. The van der Waals surface area contributed by atoms with Gasteiger partial charge >= 0.3 is 8.80 Å². The van der Waals surface area contributed by atoms with Crippen LogP contribution < -0.4 is 16.0 Å². The molecule has 0 fully saturated rings. The lowest BCUT2D eigenvalue weighted by molar-refractivity contribution is -0.890. The lowest BCUT2D eigenvalue weighted by atomic mass is 10.0. The van der Waals surface area contributed by atoms with Crippen LogP contribution in [0.3, 0.4) is 0 Å². The van der Waals surface area contributed by atoms with Crippen molar-refractivity contribution in [3.05, 3.63) is 0 Å². The zero-order chi connectivity index (χ0) is 66.6. The van der Waals surface area contributed by atoms with Crippen LogP contribution in [-0.4, -0.2) is 165 Å². The van der Waals surface area contributed by atoms with Gasteiger partial charge in [-0.2, -0.15) is 0 Å². The average molecular weight is 1300 g/mol. The van der Waals surface area contributed by atoms with Gasteiger partial charge in [0.05, 0.1) is 86.6 Å². The predicted molar refractivity (Wildman–Crippen MR) is 374 cm³/mol. The number of aliphatic hydroxyl groups is 6. The molecule has 16 nitrogen and oxygen atoms in total. The molecule has 17 heteroatoms. The molecule has 0 aromatic rings. The number of nitrogens with one attached hydrogen (secondary N) is 3. The maximum absolute atomic E-state index is 13.7. The van der Waals surface area contributed by atoms with Crippen LogP contribution in [0, 0.1) is 0 Å². The zero-order valence-electron chi connectivity index (χ0n) is 59.7. The molecule has 0 bridgehead atoms. The molecule has 0 saturated heterocycles. The van der Waals surface area contributed by atoms with E-state index in [0.717, 1.165) is 77.2 Å². The highest BCUT2D eigenvalue weighted by atomic mass is 28.4. The van der Waals surface area contributed by atoms with Gasteiger partial charge in [-0.15, -0.1) is 0 Å². The van der Waals surface area contributed by atoms with Gasteiger partial charge in [0.25, 0.3) is 0 Å². The maximum Gasteiger partial charge on any atom is 0.501 e. The minimum Gasteiger partial charge on any atom is -0.394 e. The molecule has 0 rings (SSSR count). The molecule has 0 saturated carbocycles. The van der Waals surface area contributed by atoms with E-state index in [1.54, 1.807) is 0 Å². The summed E-state index contributed by atoms with van der Waals surface area (Å²) in [6, 6.07) is 0.117. The minimum absolute atomic E-state index is 0.117. The van der Waals surface area contributed by atoms with Gasteiger partial charge < -0.3 is 64.4 Å². The summed E-state index contributed by atoms with van der Waals surface area (Å²) in [6.45, 7) is 4.93. The van der Waals surface area contributed by atoms with Gasteiger partial charge in [0.2, 0.25) is 17.7 Å². The SMILES string of the molecule is CCCCCCCCCCCCCC[N+](C)(C)CCC[Si](OCC(CO)(CO)NC(=O)CCCCCCCCCCCCC)(OCC(CO)(CO)NC(=O)CCCCCCCCCCCCC)OCC(CO)(CO)NC(=O)CCCCCCCCCCCCC. The molecule has 0 aromatic carbocycles. The zero-order valence-corrected chi connectivity index (χ0v) is 60.7. The molecule has 0 spiro atoms. The number of rotatable bonds is 71. The molecular weight excluding hydrogens is 1150 g/mol. The second kappa shape index (κ2) is 59.7. The summed E-state index contributed by atoms with van der Waals surface area (Å²) < 4.78 is 21.2. The van der Waals surface area contributed by atoms with Crippen LogP contribution in [0.4, 0.5) is 0 Å². The standard InChI is InChI=1S/C73H148N4O12Si/c1-7-11-15-19-23-27-31-35-39-43-47-51-56-77(5,6)57-52-58-90(87-65-71(59-78,60-79)74-68(84)53-48-44-40-36-32-28-24-20-16-12-8-2,88-66-72(61-80,62-81)75-69(85)54-49-45-41-37-33-29-25-21-17-13-9-3)89-67-73(63-82,64-83)76-70(86)55-50-46-42-38-34-30-26-22-18-14-10-4/h78-83H,7-67H2,1-6H3,(H2-,74,75,76,84,85,86)/p+1. The van der Waals surface area contributed by atoms with E-state index in [2.05, 4.69) is 57.7 Å². The van der Waals surface area contributed by atoms with Crippen molar-refractivity contribution >= 4 is 26.5 Å². The van der Waals surface area contributed by atoms with Crippen molar-refractivity contribution in [1.29, 1.82) is 0 Å². The highest BCUT2D eigenvalue weighted by Crippen LogP contribution is 2.27. The normalized spacial score (nSPS) is 12.5. The van der Waals surface area contributed by atoms with Gasteiger partial charge in [-0.1, -0.05) is 285 Å². The highest BCUT2D eigenvalue weighted by Gasteiger charge is 2.49. The van der Waals surface area contributed by atoms with E-state index in [-0.39, 0.29) is 43.0 Å². The molecule has 0 aromatic heterocycles. The number of nitrogens with zero attached hydrogens (tertiary/aromatic N) is 1. The van der Waals surface area contributed by atoms with Crippen LogP contribution in [0.5, 0.6) is 0 Å². The Labute approximate surface area is 554 Å². The fourth-order valence-electron chi connectivity index (χ4n) is 12.0. The summed E-state index contributed by atoms with van der Waals surface area (Å²) in [6.07, 6.45) is 53.2. The largest absolute Gasteiger partial charge is 0.501 e. The van der Waals surface area contributed by atoms with Crippen molar-refractivity contribution in [2.45, 2.75) is 365 Å². The topological polar surface area (TPSA) is 236 Å². The Morgan fingerprint density at radius 3 is 0.700 bits per heavy atom. The fourth-order valence-corrected chi connectivity index (χ4v) is 14.8. The number of unbranched alkanes of at least 4 members (excludes halogenated alkanes) is 41. The molecule has 0 radical (unpaired) electrons. The molecule has 536 valence electrons. The van der Waals surface area contributed by atoms with Gasteiger partial charge in [-0.3, -0.25) is 14.4 Å². The van der Waals surface area contributed by atoms with E-state index < -0.39 is 84.9 Å². The van der Waals surface area contributed by atoms with Crippen molar-refractivity contribution in [3.63, 3.8) is 0 Å². The molecule has 90 heavy (non-hydrogen) atoms. The van der Waals surface area contributed by atoms with E-state index in [9.17, 15) is 45.0 Å². The van der Waals surface area contributed by atoms with Gasteiger partial charge in [0.15, 0.2) is 0 Å². The summed E-state index contributed by atoms with van der Waals surface area (Å²) in [7, 11) is 0.0127. The lowest BCUT2D eigenvalue weighted by Gasteiger charge is -2.41. The summed E-state index contributed by atoms with van der Waals surface area (Å²) >= 11 is 0. The van der Waals surface area contributed by atoms with Crippen LogP contribution in [0.15, 0.2) is 0 Å². The first-order chi connectivity index (χ1) is 43.6. The van der Waals surface area contributed by atoms with E-state index in [4.69, 9.17) is 13.3 Å². The predicted octanol–water partition coefficient (Wildman–Crippen LogP) is 14.8. The third-order valence-electron chi connectivity index (χ3n) is 18.6. The molecule has 3 amide bonds. The van der Waals surface area contributed by atoms with Gasteiger partial charge in [0.1, 0.15) is 16.6 Å². The first-order valence-electron chi connectivity index (χ1n) is 37.9. The fraction of sp³-hybridized carbons (Fsp3) is 0.959. The monoisotopic (exact) mass is 1300 g/mol. The Bertz CT molecular complexity index is 1470. The average Bonchev–Trinajstić information content (AvgIpc) is 0.899. The number of aliphatic hydroxyl groups excluding tert-OH is 6.